The van der Waals surface area contributed by atoms with Crippen LogP contribution < -0.4 is 9.47 Å². The molecule has 172 valence electrons. The van der Waals surface area contributed by atoms with E-state index in [-0.39, 0.29) is 36.4 Å². The number of furan rings is 1. The summed E-state index contributed by atoms with van der Waals surface area (Å²) in [7, 11) is -3.22. The van der Waals surface area contributed by atoms with E-state index in [1.807, 2.05) is 6.07 Å². The van der Waals surface area contributed by atoms with Crippen molar-refractivity contribution in [3.63, 3.8) is 0 Å². The van der Waals surface area contributed by atoms with Crippen molar-refractivity contribution in [2.75, 3.05) is 18.1 Å². The molecule has 2 aromatic carbocycles. The van der Waals surface area contributed by atoms with Gasteiger partial charge >= 0.3 is 0 Å². The second kappa shape index (κ2) is 8.55. The van der Waals surface area contributed by atoms with Crippen LogP contribution in [0.1, 0.15) is 12.2 Å². The van der Waals surface area contributed by atoms with Crippen molar-refractivity contribution >= 4 is 15.7 Å². The molecule has 0 bridgehead atoms. The van der Waals surface area contributed by atoms with Crippen LogP contribution in [0.15, 0.2) is 65.1 Å². The van der Waals surface area contributed by atoms with Crippen LogP contribution in [-0.2, 0) is 21.2 Å². The van der Waals surface area contributed by atoms with Crippen LogP contribution in [0, 0.1) is 5.82 Å². The van der Waals surface area contributed by atoms with E-state index in [4.69, 9.17) is 13.9 Å². The van der Waals surface area contributed by atoms with Crippen molar-refractivity contribution < 1.29 is 31.5 Å². The summed E-state index contributed by atoms with van der Waals surface area (Å²) < 4.78 is 55.0. The number of carbonyl (C=O) groups is 1. The molecule has 9 heteroatoms. The molecule has 2 aliphatic rings. The number of halogens is 1. The van der Waals surface area contributed by atoms with Gasteiger partial charge in [-0.2, -0.15) is 0 Å². The molecule has 5 rings (SSSR count). The van der Waals surface area contributed by atoms with Gasteiger partial charge in [0.15, 0.2) is 21.3 Å². The van der Waals surface area contributed by atoms with Crippen LogP contribution in [0.5, 0.6) is 11.5 Å². The first-order valence-electron chi connectivity index (χ1n) is 10.6. The number of amides is 1. The molecule has 1 fully saturated rings. The first kappa shape index (κ1) is 21.5. The Kier molecular flexibility index (Phi) is 5.57. The lowest BCUT2D eigenvalue weighted by Gasteiger charge is -2.33. The van der Waals surface area contributed by atoms with Crippen LogP contribution in [0.4, 0.5) is 4.39 Å². The Morgan fingerprint density at radius 2 is 1.79 bits per heavy atom. The third-order valence-electron chi connectivity index (χ3n) is 5.83. The number of sulfone groups is 1. The molecular weight excluding hydrogens is 449 g/mol. The van der Waals surface area contributed by atoms with Gasteiger partial charge in [-0.15, -0.1) is 0 Å². The first-order chi connectivity index (χ1) is 15.9. The summed E-state index contributed by atoms with van der Waals surface area (Å²) in [5.74, 6) is 1.28. The molecule has 0 radical (unpaired) electrons. The normalized spacial score (nSPS) is 21.0. The third-order valence-corrected chi connectivity index (χ3v) is 7.58. The van der Waals surface area contributed by atoms with E-state index >= 15 is 0 Å². The molecule has 33 heavy (non-hydrogen) atoms. The topological polar surface area (TPSA) is 86.1 Å². The maximum absolute atomic E-state index is 13.5. The van der Waals surface area contributed by atoms with Crippen LogP contribution in [-0.4, -0.2) is 49.5 Å². The van der Waals surface area contributed by atoms with Crippen LogP contribution in [0.2, 0.25) is 0 Å². The summed E-state index contributed by atoms with van der Waals surface area (Å²) in [5.41, 5.74) is 0.699. The minimum atomic E-state index is -3.22. The number of para-hydroxylation sites is 2. The number of hydrogen-bond donors (Lipinski definition) is 0. The zero-order valence-corrected chi connectivity index (χ0v) is 18.5. The van der Waals surface area contributed by atoms with Gasteiger partial charge in [0.1, 0.15) is 23.9 Å². The molecule has 2 atom stereocenters. The van der Waals surface area contributed by atoms with E-state index in [0.717, 1.165) is 0 Å². The van der Waals surface area contributed by atoms with Crippen molar-refractivity contribution in [2.45, 2.75) is 25.1 Å². The number of carbonyl (C=O) groups excluding carboxylic acids is 1. The van der Waals surface area contributed by atoms with E-state index in [9.17, 15) is 17.6 Å². The van der Waals surface area contributed by atoms with Crippen LogP contribution in [0.25, 0.3) is 11.3 Å². The van der Waals surface area contributed by atoms with Gasteiger partial charge in [-0.3, -0.25) is 4.79 Å². The highest BCUT2D eigenvalue weighted by molar-refractivity contribution is 7.91. The van der Waals surface area contributed by atoms with E-state index in [1.54, 1.807) is 42.5 Å². The number of hydrogen-bond acceptors (Lipinski definition) is 6. The van der Waals surface area contributed by atoms with Gasteiger partial charge in [0.25, 0.3) is 5.91 Å². The molecule has 3 aromatic rings. The third kappa shape index (κ3) is 4.59. The average molecular weight is 472 g/mol. The summed E-state index contributed by atoms with van der Waals surface area (Å²) in [4.78, 5) is 15.0. The van der Waals surface area contributed by atoms with Gasteiger partial charge in [-0.05, 0) is 55.0 Å². The van der Waals surface area contributed by atoms with Gasteiger partial charge in [-0.1, -0.05) is 12.1 Å². The predicted octanol–water partition coefficient (Wildman–Crippen LogP) is 3.44. The Balaban J connectivity index is 1.39. The fraction of sp³-hybridized carbons (Fsp3) is 0.292. The average Bonchev–Trinajstić information content (AvgIpc) is 3.43. The molecular formula is C24H22FNO6S. The Labute approximate surface area is 190 Å². The molecule has 0 unspecified atom stereocenters. The minimum Gasteiger partial charge on any atom is -0.485 e. The second-order valence-electron chi connectivity index (χ2n) is 8.16. The second-order valence-corrected chi connectivity index (χ2v) is 10.4. The van der Waals surface area contributed by atoms with E-state index in [2.05, 4.69) is 0 Å². The highest BCUT2D eigenvalue weighted by atomic mass is 32.2. The molecule has 0 spiro atoms. The number of rotatable bonds is 5. The van der Waals surface area contributed by atoms with Gasteiger partial charge in [0.2, 0.25) is 6.10 Å². The monoisotopic (exact) mass is 471 g/mol. The highest BCUT2D eigenvalue weighted by Crippen LogP contribution is 2.32. The molecule has 0 N–H and O–H groups in total. The molecule has 1 amide bonds. The Morgan fingerprint density at radius 1 is 1.03 bits per heavy atom. The van der Waals surface area contributed by atoms with Gasteiger partial charge in [0, 0.05) is 11.6 Å². The lowest BCUT2D eigenvalue weighted by atomic mass is 10.1. The smallest absolute Gasteiger partial charge is 0.267 e. The van der Waals surface area contributed by atoms with Gasteiger partial charge < -0.3 is 18.8 Å². The standard InChI is InChI=1S/C24H22FNO6S/c25-17-7-5-16(6-8-17)20-10-9-19(31-20)13-26(18-11-12-33(28,29)15-18)24(27)23-14-30-21-3-1-2-4-22(21)32-23/h1-10,18,23H,11-15H2/t18-,23+/m0/s1. The fourth-order valence-electron chi connectivity index (χ4n) is 4.13. The molecule has 7 nitrogen and oxygen atoms in total. The molecule has 3 heterocycles. The zero-order chi connectivity index (χ0) is 23.0. The summed E-state index contributed by atoms with van der Waals surface area (Å²) >= 11 is 0. The summed E-state index contributed by atoms with van der Waals surface area (Å²) in [6, 6.07) is 16.0. The predicted molar refractivity (Wildman–Crippen MR) is 118 cm³/mol. The Hall–Kier alpha value is -3.33. The van der Waals surface area contributed by atoms with Crippen LogP contribution >= 0.6 is 0 Å². The molecule has 1 aromatic heterocycles. The summed E-state index contributed by atoms with van der Waals surface area (Å²) in [5, 5.41) is 0. The maximum atomic E-state index is 13.5. The van der Waals surface area contributed by atoms with Gasteiger partial charge in [0.05, 0.1) is 18.1 Å². The number of ether oxygens (including phenoxy) is 2. The first-order valence-corrected chi connectivity index (χ1v) is 12.4. The number of benzene rings is 2. The maximum Gasteiger partial charge on any atom is 0.267 e. The molecule has 0 saturated carbocycles. The van der Waals surface area contributed by atoms with Crippen molar-refractivity contribution in [1.29, 1.82) is 0 Å². The fourth-order valence-corrected chi connectivity index (χ4v) is 5.87. The minimum absolute atomic E-state index is 0.0325. The SMILES string of the molecule is O=C([C@H]1COc2ccccc2O1)N(Cc1ccc(-c2ccc(F)cc2)o1)[C@H]1CCS(=O)(=O)C1. The van der Waals surface area contributed by atoms with Crippen LogP contribution in [0.3, 0.4) is 0 Å². The quantitative estimate of drug-likeness (QED) is 0.567. The van der Waals surface area contributed by atoms with Crippen molar-refractivity contribution in [2.24, 2.45) is 0 Å². The lowest BCUT2D eigenvalue weighted by Crippen LogP contribution is -2.50. The van der Waals surface area contributed by atoms with Crippen molar-refractivity contribution in [3.8, 4) is 22.8 Å². The molecule has 0 aliphatic carbocycles. The number of fused-ring (bicyclic) bond motifs is 1. The Morgan fingerprint density at radius 3 is 2.52 bits per heavy atom. The zero-order valence-electron chi connectivity index (χ0n) is 17.6. The van der Waals surface area contributed by atoms with E-state index < -0.39 is 22.0 Å². The van der Waals surface area contributed by atoms with E-state index in [1.165, 1.54) is 17.0 Å². The van der Waals surface area contributed by atoms with E-state index in [0.29, 0.717) is 35.0 Å². The highest BCUT2D eigenvalue weighted by Gasteiger charge is 2.39. The molecule has 1 saturated heterocycles. The summed E-state index contributed by atoms with van der Waals surface area (Å²) in [6.45, 7) is 0.118. The molecule has 2 aliphatic heterocycles. The van der Waals surface area contributed by atoms with Crippen molar-refractivity contribution in [3.05, 3.63) is 72.2 Å². The largest absolute Gasteiger partial charge is 0.485 e. The van der Waals surface area contributed by atoms with Crippen molar-refractivity contribution in [1.82, 2.24) is 4.90 Å². The Bertz CT molecular complexity index is 1270. The van der Waals surface area contributed by atoms with Gasteiger partial charge in [-0.25, -0.2) is 12.8 Å². The summed E-state index contributed by atoms with van der Waals surface area (Å²) in [6.07, 6.45) is -0.543. The number of nitrogens with zero attached hydrogens (tertiary/aromatic N) is 1. The lowest BCUT2D eigenvalue weighted by molar-refractivity contribution is -0.144.